The van der Waals surface area contributed by atoms with E-state index in [1.165, 1.54) is 6.20 Å². The van der Waals surface area contributed by atoms with Gasteiger partial charge < -0.3 is 0 Å². The van der Waals surface area contributed by atoms with Crippen LogP contribution in [0.3, 0.4) is 0 Å². The number of halogens is 3. The van der Waals surface area contributed by atoms with Crippen LogP contribution in [0.2, 0.25) is 0 Å². The fraction of sp³-hybridized carbons (Fsp3) is 0.500. The third-order valence-electron chi connectivity index (χ3n) is 3.93. The molecule has 8 heteroatoms. The predicted molar refractivity (Wildman–Crippen MR) is 72.9 cm³/mol. The van der Waals surface area contributed by atoms with Crippen LogP contribution in [0.15, 0.2) is 6.20 Å². The van der Waals surface area contributed by atoms with Gasteiger partial charge in [-0.2, -0.15) is 18.3 Å². The second-order valence-electron chi connectivity index (χ2n) is 5.54. The number of aromatic nitrogens is 4. The van der Waals surface area contributed by atoms with E-state index >= 15 is 0 Å². The highest BCUT2D eigenvalue weighted by molar-refractivity contribution is 5.25. The van der Waals surface area contributed by atoms with Gasteiger partial charge >= 0.3 is 6.18 Å². The molecular weight excluding hydrogens is 295 g/mol. The minimum atomic E-state index is -4.49. The number of fused-ring (bicyclic) bond motifs is 1. The van der Waals surface area contributed by atoms with Gasteiger partial charge in [0.25, 0.3) is 0 Å². The van der Waals surface area contributed by atoms with E-state index in [4.69, 9.17) is 0 Å². The van der Waals surface area contributed by atoms with Crippen LogP contribution < -0.4 is 0 Å². The average Bonchev–Trinajstić information content (AvgIpc) is 2.77. The second kappa shape index (κ2) is 5.35. The summed E-state index contributed by atoms with van der Waals surface area (Å²) in [4.78, 5) is 9.29. The maximum absolute atomic E-state index is 12.6. The topological polar surface area (TPSA) is 57.7 Å². The molecule has 0 aliphatic carbocycles. The van der Waals surface area contributed by atoms with E-state index in [1.54, 1.807) is 0 Å². The van der Waals surface area contributed by atoms with Crippen LogP contribution in [0, 0.1) is 13.8 Å². The van der Waals surface area contributed by atoms with Gasteiger partial charge in [0.05, 0.1) is 11.4 Å². The first-order valence-corrected chi connectivity index (χ1v) is 6.99. The lowest BCUT2D eigenvalue weighted by Gasteiger charge is -2.28. The Labute approximate surface area is 125 Å². The number of aromatic amines is 1. The monoisotopic (exact) mass is 311 g/mol. The summed E-state index contributed by atoms with van der Waals surface area (Å²) in [6, 6.07) is 0. The molecule has 0 atom stereocenters. The molecule has 3 heterocycles. The molecular formula is C14H16F3N5. The van der Waals surface area contributed by atoms with Crippen molar-refractivity contribution in [2.45, 2.75) is 39.5 Å². The maximum atomic E-state index is 12.6. The number of rotatable bonds is 2. The molecule has 1 N–H and O–H groups in total. The van der Waals surface area contributed by atoms with E-state index in [9.17, 15) is 13.2 Å². The summed E-state index contributed by atoms with van der Waals surface area (Å²) >= 11 is 0. The summed E-state index contributed by atoms with van der Waals surface area (Å²) in [6.45, 7) is 5.85. The standard InChI is InChI=1S/C14H16F3N5/c1-8-11(9(2)21-20-8)7-22-4-3-12-10(6-22)5-18-13(19-12)14(15,16)17/h5H,3-4,6-7H2,1-2H3,(H,20,21). The van der Waals surface area contributed by atoms with E-state index in [0.717, 1.165) is 22.5 Å². The quantitative estimate of drug-likeness (QED) is 0.925. The van der Waals surface area contributed by atoms with Crippen molar-refractivity contribution in [3.8, 4) is 0 Å². The van der Waals surface area contributed by atoms with Crippen LogP contribution >= 0.6 is 0 Å². The van der Waals surface area contributed by atoms with Gasteiger partial charge in [-0.3, -0.25) is 10.00 Å². The Balaban J connectivity index is 1.77. The summed E-state index contributed by atoms with van der Waals surface area (Å²) in [7, 11) is 0. The van der Waals surface area contributed by atoms with E-state index in [-0.39, 0.29) is 0 Å². The van der Waals surface area contributed by atoms with Crippen molar-refractivity contribution in [1.82, 2.24) is 25.1 Å². The third kappa shape index (κ3) is 2.83. The Morgan fingerprint density at radius 3 is 2.73 bits per heavy atom. The first-order valence-electron chi connectivity index (χ1n) is 6.99. The lowest BCUT2D eigenvalue weighted by molar-refractivity contribution is -0.145. The smallest absolute Gasteiger partial charge is 0.294 e. The zero-order chi connectivity index (χ0) is 15.9. The van der Waals surface area contributed by atoms with Crippen molar-refractivity contribution in [2.75, 3.05) is 6.54 Å². The van der Waals surface area contributed by atoms with Gasteiger partial charge in [0.2, 0.25) is 5.82 Å². The van der Waals surface area contributed by atoms with Crippen molar-refractivity contribution >= 4 is 0 Å². The molecule has 0 unspecified atom stereocenters. The highest BCUT2D eigenvalue weighted by Gasteiger charge is 2.35. The summed E-state index contributed by atoms with van der Waals surface area (Å²) < 4.78 is 37.9. The maximum Gasteiger partial charge on any atom is 0.451 e. The van der Waals surface area contributed by atoms with Gasteiger partial charge in [-0.15, -0.1) is 0 Å². The van der Waals surface area contributed by atoms with Crippen LogP contribution in [0.25, 0.3) is 0 Å². The number of hydrogen-bond acceptors (Lipinski definition) is 4. The Morgan fingerprint density at radius 2 is 2.09 bits per heavy atom. The van der Waals surface area contributed by atoms with Crippen molar-refractivity contribution in [3.63, 3.8) is 0 Å². The first-order chi connectivity index (χ1) is 10.3. The van der Waals surface area contributed by atoms with E-state index in [0.29, 0.717) is 31.7 Å². The van der Waals surface area contributed by atoms with Gasteiger partial charge in [-0.1, -0.05) is 0 Å². The summed E-state index contributed by atoms with van der Waals surface area (Å²) in [5, 5.41) is 7.11. The van der Waals surface area contributed by atoms with Gasteiger partial charge in [0.15, 0.2) is 0 Å². The molecule has 2 aromatic heterocycles. The lowest BCUT2D eigenvalue weighted by atomic mass is 10.1. The van der Waals surface area contributed by atoms with E-state index in [2.05, 4.69) is 25.1 Å². The van der Waals surface area contributed by atoms with Crippen LogP contribution in [0.4, 0.5) is 13.2 Å². The molecule has 0 saturated carbocycles. The van der Waals surface area contributed by atoms with Gasteiger partial charge in [-0.05, 0) is 13.8 Å². The molecule has 2 aromatic rings. The van der Waals surface area contributed by atoms with Crippen molar-refractivity contribution in [1.29, 1.82) is 0 Å². The van der Waals surface area contributed by atoms with Gasteiger partial charge in [0, 0.05) is 49.1 Å². The molecule has 0 amide bonds. The molecule has 22 heavy (non-hydrogen) atoms. The van der Waals surface area contributed by atoms with Gasteiger partial charge in [-0.25, -0.2) is 9.97 Å². The molecule has 1 aliphatic heterocycles. The Bertz CT molecular complexity index is 673. The number of nitrogens with zero attached hydrogens (tertiary/aromatic N) is 4. The number of H-pyrrole nitrogens is 1. The van der Waals surface area contributed by atoms with Crippen LogP contribution in [0.1, 0.15) is 34.0 Å². The third-order valence-corrected chi connectivity index (χ3v) is 3.93. The van der Waals surface area contributed by atoms with Crippen LogP contribution in [-0.4, -0.2) is 31.6 Å². The predicted octanol–water partition coefficient (Wildman–Crippen LogP) is 2.39. The van der Waals surface area contributed by atoms with E-state index in [1.807, 2.05) is 13.8 Å². The number of aryl methyl sites for hydroxylation is 2. The Kier molecular flexibility index (Phi) is 3.64. The number of alkyl halides is 3. The molecule has 0 aromatic carbocycles. The zero-order valence-electron chi connectivity index (χ0n) is 12.3. The zero-order valence-corrected chi connectivity index (χ0v) is 12.3. The Hall–Kier alpha value is -1.96. The molecule has 0 radical (unpaired) electrons. The molecule has 5 nitrogen and oxygen atoms in total. The number of hydrogen-bond donors (Lipinski definition) is 1. The Morgan fingerprint density at radius 1 is 1.32 bits per heavy atom. The first kappa shape index (κ1) is 15.0. The van der Waals surface area contributed by atoms with Crippen molar-refractivity contribution in [2.24, 2.45) is 0 Å². The SMILES string of the molecule is Cc1n[nH]c(C)c1CN1CCc2nc(C(F)(F)F)ncc2C1. The van der Waals surface area contributed by atoms with Gasteiger partial charge in [0.1, 0.15) is 0 Å². The molecule has 3 rings (SSSR count). The average molecular weight is 311 g/mol. The molecule has 118 valence electrons. The number of nitrogens with one attached hydrogen (secondary N) is 1. The minimum Gasteiger partial charge on any atom is -0.294 e. The summed E-state index contributed by atoms with van der Waals surface area (Å²) in [6.07, 6.45) is -2.69. The van der Waals surface area contributed by atoms with Crippen molar-refractivity contribution in [3.05, 3.63) is 40.2 Å². The molecule has 0 saturated heterocycles. The lowest BCUT2D eigenvalue weighted by Crippen LogP contribution is -2.32. The summed E-state index contributed by atoms with van der Waals surface area (Å²) in [5.74, 6) is -1.05. The minimum absolute atomic E-state index is 0.497. The van der Waals surface area contributed by atoms with Crippen molar-refractivity contribution < 1.29 is 13.2 Å². The van der Waals surface area contributed by atoms with E-state index < -0.39 is 12.0 Å². The summed E-state index contributed by atoms with van der Waals surface area (Å²) in [5.41, 5.74) is 4.37. The molecule has 1 aliphatic rings. The highest BCUT2D eigenvalue weighted by atomic mass is 19.4. The fourth-order valence-corrected chi connectivity index (χ4v) is 2.68. The largest absolute Gasteiger partial charge is 0.451 e. The molecule has 0 bridgehead atoms. The normalized spacial score (nSPS) is 15.9. The highest BCUT2D eigenvalue weighted by Crippen LogP contribution is 2.28. The second-order valence-corrected chi connectivity index (χ2v) is 5.54. The molecule has 0 fully saturated rings. The van der Waals surface area contributed by atoms with Crippen LogP contribution in [0.5, 0.6) is 0 Å². The molecule has 0 spiro atoms. The van der Waals surface area contributed by atoms with Crippen LogP contribution in [-0.2, 0) is 25.7 Å². The fourth-order valence-electron chi connectivity index (χ4n) is 2.68.